The predicted molar refractivity (Wildman–Crippen MR) is 79.1 cm³/mol. The van der Waals surface area contributed by atoms with Gasteiger partial charge in [-0.2, -0.15) is 0 Å². The number of phenolic OH excluding ortho intramolecular Hbond substituents is 1. The number of esters is 1. The van der Waals surface area contributed by atoms with Crippen LogP contribution in [0, 0.1) is 0 Å². The van der Waals surface area contributed by atoms with E-state index in [2.05, 4.69) is 0 Å². The van der Waals surface area contributed by atoms with E-state index < -0.39 is 5.97 Å². The molecule has 1 aliphatic heterocycles. The highest BCUT2D eigenvalue weighted by Gasteiger charge is 2.24. The number of ether oxygens (including phenoxy) is 1. The Kier molecular flexibility index (Phi) is 3.78. The van der Waals surface area contributed by atoms with E-state index in [9.17, 15) is 14.7 Å². The number of nitrogens with zero attached hydrogens (tertiary/aromatic N) is 1. The number of hydrogen-bond donors (Lipinski definition) is 1. The van der Waals surface area contributed by atoms with Crippen LogP contribution in [0.2, 0.25) is 0 Å². The maximum absolute atomic E-state index is 12.1. The molecule has 0 saturated carbocycles. The van der Waals surface area contributed by atoms with Gasteiger partial charge in [0, 0.05) is 6.54 Å². The summed E-state index contributed by atoms with van der Waals surface area (Å²) in [6.07, 6.45) is 0.201. The monoisotopic (exact) mass is 297 g/mol. The molecule has 0 atom stereocenters. The van der Waals surface area contributed by atoms with Crippen LogP contribution in [0.1, 0.15) is 21.5 Å². The highest BCUT2D eigenvalue weighted by molar-refractivity contribution is 5.89. The molecule has 0 aromatic heterocycles. The minimum Gasteiger partial charge on any atom is -0.508 e. The fourth-order valence-electron chi connectivity index (χ4n) is 2.41. The molecular formula is C17H15NO4. The van der Waals surface area contributed by atoms with Gasteiger partial charge in [0.15, 0.2) is 6.73 Å². The minimum atomic E-state index is -0.454. The van der Waals surface area contributed by atoms with Crippen molar-refractivity contribution in [3.05, 3.63) is 65.2 Å². The number of amides is 1. The molecule has 1 amide bonds. The minimum absolute atomic E-state index is 0.0765. The van der Waals surface area contributed by atoms with Gasteiger partial charge in [-0.05, 0) is 35.4 Å². The lowest BCUT2D eigenvalue weighted by Gasteiger charge is -2.28. The Bertz CT molecular complexity index is 712. The van der Waals surface area contributed by atoms with Gasteiger partial charge in [-0.15, -0.1) is 0 Å². The summed E-state index contributed by atoms with van der Waals surface area (Å²) in [7, 11) is 0. The van der Waals surface area contributed by atoms with Crippen molar-refractivity contribution in [1.82, 2.24) is 4.90 Å². The second kappa shape index (κ2) is 5.89. The molecule has 0 spiro atoms. The number of hydrogen-bond acceptors (Lipinski definition) is 4. The summed E-state index contributed by atoms with van der Waals surface area (Å²) in [6.45, 7) is 0.295. The van der Waals surface area contributed by atoms with Gasteiger partial charge in [-0.25, -0.2) is 4.79 Å². The lowest BCUT2D eigenvalue weighted by atomic mass is 9.99. The Balaban J connectivity index is 1.65. The molecule has 0 bridgehead atoms. The third-order valence-electron chi connectivity index (χ3n) is 3.61. The summed E-state index contributed by atoms with van der Waals surface area (Å²) in [6, 6.07) is 13.6. The Morgan fingerprint density at radius 3 is 2.68 bits per heavy atom. The van der Waals surface area contributed by atoms with Crippen molar-refractivity contribution in [1.29, 1.82) is 0 Å². The topological polar surface area (TPSA) is 66.8 Å². The van der Waals surface area contributed by atoms with Crippen molar-refractivity contribution in [2.45, 2.75) is 13.0 Å². The SMILES string of the molecule is O=C(OCN1Cc2ccc(O)cc2CC1=O)c1ccccc1. The Morgan fingerprint density at radius 1 is 1.14 bits per heavy atom. The van der Waals surface area contributed by atoms with Crippen LogP contribution >= 0.6 is 0 Å². The third-order valence-corrected chi connectivity index (χ3v) is 3.61. The molecule has 5 heteroatoms. The highest BCUT2D eigenvalue weighted by Crippen LogP contribution is 2.23. The molecule has 0 saturated heterocycles. The van der Waals surface area contributed by atoms with E-state index in [1.54, 1.807) is 42.5 Å². The first-order chi connectivity index (χ1) is 10.6. The molecule has 112 valence electrons. The maximum Gasteiger partial charge on any atom is 0.339 e. The second-order valence-corrected chi connectivity index (χ2v) is 5.15. The van der Waals surface area contributed by atoms with Crippen molar-refractivity contribution >= 4 is 11.9 Å². The number of carbonyl (C=O) groups excluding carboxylic acids is 2. The van der Waals surface area contributed by atoms with Crippen LogP contribution < -0.4 is 0 Å². The van der Waals surface area contributed by atoms with Gasteiger partial charge in [-0.3, -0.25) is 4.79 Å². The highest BCUT2D eigenvalue weighted by atomic mass is 16.5. The lowest BCUT2D eigenvalue weighted by molar-refractivity contribution is -0.136. The Hall–Kier alpha value is -2.82. The fourth-order valence-corrected chi connectivity index (χ4v) is 2.41. The molecule has 2 aromatic carbocycles. The summed E-state index contributed by atoms with van der Waals surface area (Å²) < 4.78 is 5.19. The predicted octanol–water partition coefficient (Wildman–Crippen LogP) is 2.09. The molecule has 0 aliphatic carbocycles. The zero-order valence-corrected chi connectivity index (χ0v) is 11.9. The molecule has 0 unspecified atom stereocenters. The molecule has 22 heavy (non-hydrogen) atoms. The van der Waals surface area contributed by atoms with Gasteiger partial charge in [0.05, 0.1) is 12.0 Å². The van der Waals surface area contributed by atoms with E-state index >= 15 is 0 Å². The summed E-state index contributed by atoms with van der Waals surface area (Å²) in [5.41, 5.74) is 2.22. The molecule has 0 fully saturated rings. The van der Waals surface area contributed by atoms with Crippen LogP contribution in [0.25, 0.3) is 0 Å². The Labute approximate surface area is 127 Å². The zero-order chi connectivity index (χ0) is 15.5. The van der Waals surface area contributed by atoms with Crippen molar-refractivity contribution in [2.75, 3.05) is 6.73 Å². The standard InChI is InChI=1S/C17H15NO4/c19-15-7-6-13-10-18(16(20)9-14(13)8-15)11-22-17(21)12-4-2-1-3-5-12/h1-8,19H,9-11H2. The van der Waals surface area contributed by atoms with Gasteiger partial charge < -0.3 is 14.7 Å². The Morgan fingerprint density at radius 2 is 1.91 bits per heavy atom. The van der Waals surface area contributed by atoms with Gasteiger partial charge in [-0.1, -0.05) is 24.3 Å². The molecule has 1 N–H and O–H groups in total. The summed E-state index contributed by atoms with van der Waals surface area (Å²) in [5.74, 6) is -0.431. The second-order valence-electron chi connectivity index (χ2n) is 5.15. The number of fused-ring (bicyclic) bond motifs is 1. The summed E-state index contributed by atoms with van der Waals surface area (Å²) in [5, 5.41) is 9.45. The van der Waals surface area contributed by atoms with Crippen LogP contribution in [-0.4, -0.2) is 28.6 Å². The van der Waals surface area contributed by atoms with Crippen molar-refractivity contribution in [3.63, 3.8) is 0 Å². The smallest absolute Gasteiger partial charge is 0.339 e. The molecule has 3 rings (SSSR count). The van der Waals surface area contributed by atoms with Crippen LogP contribution in [0.5, 0.6) is 5.75 Å². The summed E-state index contributed by atoms with van der Waals surface area (Å²) in [4.78, 5) is 25.4. The molecule has 5 nitrogen and oxygen atoms in total. The molecule has 1 aliphatic rings. The first-order valence-electron chi connectivity index (χ1n) is 6.94. The third kappa shape index (κ3) is 2.93. The molecular weight excluding hydrogens is 282 g/mol. The van der Waals surface area contributed by atoms with Gasteiger partial charge in [0.25, 0.3) is 0 Å². The fraction of sp³-hybridized carbons (Fsp3) is 0.176. The van der Waals surface area contributed by atoms with Crippen molar-refractivity contribution in [3.8, 4) is 5.75 Å². The summed E-state index contributed by atoms with van der Waals surface area (Å²) >= 11 is 0. The van der Waals surface area contributed by atoms with Gasteiger partial charge in [0.1, 0.15) is 5.75 Å². The van der Waals surface area contributed by atoms with E-state index in [0.29, 0.717) is 12.1 Å². The maximum atomic E-state index is 12.1. The zero-order valence-electron chi connectivity index (χ0n) is 11.9. The molecule has 2 aromatic rings. The van der Waals surface area contributed by atoms with Crippen LogP contribution in [-0.2, 0) is 22.5 Å². The largest absolute Gasteiger partial charge is 0.508 e. The number of benzene rings is 2. The van der Waals surface area contributed by atoms with Crippen LogP contribution in [0.15, 0.2) is 48.5 Å². The van der Waals surface area contributed by atoms with Gasteiger partial charge >= 0.3 is 5.97 Å². The van der Waals surface area contributed by atoms with Crippen LogP contribution in [0.4, 0.5) is 0 Å². The van der Waals surface area contributed by atoms with Crippen LogP contribution in [0.3, 0.4) is 0 Å². The average Bonchev–Trinajstić information content (AvgIpc) is 2.53. The first kappa shape index (κ1) is 14.1. The number of aromatic hydroxyl groups is 1. The number of carbonyl (C=O) groups is 2. The van der Waals surface area contributed by atoms with Crippen molar-refractivity contribution in [2.24, 2.45) is 0 Å². The lowest BCUT2D eigenvalue weighted by Crippen LogP contribution is -2.38. The first-order valence-corrected chi connectivity index (χ1v) is 6.94. The van der Waals surface area contributed by atoms with E-state index in [4.69, 9.17) is 4.74 Å². The van der Waals surface area contributed by atoms with E-state index in [0.717, 1.165) is 11.1 Å². The molecule has 0 radical (unpaired) electrons. The normalized spacial score (nSPS) is 13.6. The molecule has 1 heterocycles. The van der Waals surface area contributed by atoms with Crippen molar-refractivity contribution < 1.29 is 19.4 Å². The van der Waals surface area contributed by atoms with E-state index in [1.807, 2.05) is 6.07 Å². The van der Waals surface area contributed by atoms with E-state index in [-0.39, 0.29) is 24.8 Å². The average molecular weight is 297 g/mol. The number of phenols is 1. The van der Waals surface area contributed by atoms with Gasteiger partial charge in [0.2, 0.25) is 5.91 Å². The number of rotatable bonds is 3. The van der Waals surface area contributed by atoms with E-state index in [1.165, 1.54) is 4.90 Å². The quantitative estimate of drug-likeness (QED) is 0.881.